The second kappa shape index (κ2) is 8.61. The number of anilines is 1. The van der Waals surface area contributed by atoms with E-state index < -0.39 is 15.7 Å². The number of fused-ring (bicyclic) bond motifs is 1. The van der Waals surface area contributed by atoms with E-state index in [-0.39, 0.29) is 22.8 Å². The second-order valence-electron chi connectivity index (χ2n) is 6.87. The van der Waals surface area contributed by atoms with E-state index in [0.717, 1.165) is 11.3 Å². The van der Waals surface area contributed by atoms with Crippen LogP contribution >= 0.6 is 0 Å². The summed E-state index contributed by atoms with van der Waals surface area (Å²) in [5.74, 6) is -0.0154. The predicted octanol–water partition coefficient (Wildman–Crippen LogP) is 3.96. The molecule has 0 radical (unpaired) electrons. The summed E-state index contributed by atoms with van der Waals surface area (Å²) >= 11 is 0. The Balaban J connectivity index is 1.48. The molecular formula is C23H21N3O4S. The van der Waals surface area contributed by atoms with Crippen LogP contribution in [0.15, 0.2) is 84.0 Å². The lowest BCUT2D eigenvalue weighted by atomic mass is 10.2. The molecule has 31 heavy (non-hydrogen) atoms. The highest BCUT2D eigenvalue weighted by Crippen LogP contribution is 2.22. The maximum absolute atomic E-state index is 12.8. The zero-order valence-corrected chi connectivity index (χ0v) is 17.7. The molecule has 0 bridgehead atoms. The van der Waals surface area contributed by atoms with Gasteiger partial charge >= 0.3 is 0 Å². The summed E-state index contributed by atoms with van der Waals surface area (Å²) in [5.41, 5.74) is 2.23. The molecular weight excluding hydrogens is 414 g/mol. The molecule has 0 aliphatic carbocycles. The minimum Gasteiger partial charge on any atom is -0.487 e. The quantitative estimate of drug-likeness (QED) is 0.475. The summed E-state index contributed by atoms with van der Waals surface area (Å²) in [4.78, 5) is 17.3. The second-order valence-corrected chi connectivity index (χ2v) is 9.12. The fourth-order valence-corrected chi connectivity index (χ4v) is 4.25. The number of nitrogens with zero attached hydrogens (tertiary/aromatic N) is 2. The first-order valence-electron chi connectivity index (χ1n) is 9.75. The minimum atomic E-state index is -3.52. The fraction of sp³-hybridized carbons (Fsp3) is 0.130. The van der Waals surface area contributed by atoms with Crippen molar-refractivity contribution < 1.29 is 17.9 Å². The highest BCUT2D eigenvalue weighted by molar-refractivity contribution is 7.91. The number of sulfone groups is 1. The molecule has 0 unspecified atom stereocenters. The molecule has 8 heteroatoms. The summed E-state index contributed by atoms with van der Waals surface area (Å²) in [7, 11) is -3.52. The zero-order valence-electron chi connectivity index (χ0n) is 16.9. The molecule has 158 valence electrons. The minimum absolute atomic E-state index is 0.0225. The van der Waals surface area contributed by atoms with Gasteiger partial charge in [0.15, 0.2) is 9.84 Å². The van der Waals surface area contributed by atoms with E-state index in [9.17, 15) is 13.2 Å². The Labute approximate surface area is 180 Å². The van der Waals surface area contributed by atoms with Gasteiger partial charge in [-0.25, -0.2) is 13.4 Å². The van der Waals surface area contributed by atoms with Crippen LogP contribution in [0.2, 0.25) is 0 Å². The molecule has 0 spiro atoms. The van der Waals surface area contributed by atoms with Gasteiger partial charge in [0.2, 0.25) is 0 Å². The van der Waals surface area contributed by atoms with Crippen LogP contribution in [0.4, 0.5) is 5.69 Å². The average Bonchev–Trinajstić information content (AvgIpc) is 3.21. The SMILES string of the molecule is CCS(=O)(=O)c1ccccc1C(=O)Nc1cccc(OCc2cn3ccccc3n2)c1. The third kappa shape index (κ3) is 4.59. The molecule has 0 saturated heterocycles. The van der Waals surface area contributed by atoms with Crippen LogP contribution in [0, 0.1) is 0 Å². The van der Waals surface area contributed by atoms with Crippen LogP contribution in [0.1, 0.15) is 23.0 Å². The third-order valence-electron chi connectivity index (χ3n) is 4.74. The molecule has 0 saturated carbocycles. The molecule has 1 N–H and O–H groups in total. The van der Waals surface area contributed by atoms with E-state index in [1.54, 1.807) is 43.3 Å². The van der Waals surface area contributed by atoms with Crippen molar-refractivity contribution in [2.75, 3.05) is 11.1 Å². The predicted molar refractivity (Wildman–Crippen MR) is 118 cm³/mol. The van der Waals surface area contributed by atoms with Gasteiger partial charge in [-0.1, -0.05) is 31.2 Å². The van der Waals surface area contributed by atoms with E-state index in [1.165, 1.54) is 12.1 Å². The fourth-order valence-electron chi connectivity index (χ4n) is 3.16. The number of amides is 1. The first-order valence-corrected chi connectivity index (χ1v) is 11.4. The van der Waals surface area contributed by atoms with E-state index in [1.807, 2.05) is 35.0 Å². The maximum Gasteiger partial charge on any atom is 0.256 e. The standard InChI is InChI=1S/C23H21N3O4S/c1-2-31(28,29)21-11-4-3-10-20(21)23(27)25-17-8-7-9-19(14-17)30-16-18-15-26-13-6-5-12-22(26)24-18/h3-15H,2,16H2,1H3,(H,25,27). The number of carbonyl (C=O) groups is 1. The summed E-state index contributed by atoms with van der Waals surface area (Å²) in [6.07, 6.45) is 3.81. The number of ether oxygens (including phenoxy) is 1. The van der Waals surface area contributed by atoms with E-state index in [2.05, 4.69) is 10.3 Å². The molecule has 2 aromatic carbocycles. The molecule has 2 heterocycles. The van der Waals surface area contributed by atoms with Gasteiger partial charge in [0.25, 0.3) is 5.91 Å². The van der Waals surface area contributed by atoms with Gasteiger partial charge in [0.05, 0.1) is 21.9 Å². The number of nitrogens with one attached hydrogen (secondary N) is 1. The molecule has 4 rings (SSSR count). The van der Waals surface area contributed by atoms with Crippen molar-refractivity contribution in [1.29, 1.82) is 0 Å². The Bertz CT molecular complexity index is 1310. The smallest absolute Gasteiger partial charge is 0.256 e. The Morgan fingerprint density at radius 1 is 1.06 bits per heavy atom. The Hall–Kier alpha value is -3.65. The van der Waals surface area contributed by atoms with Crippen molar-refractivity contribution in [1.82, 2.24) is 9.38 Å². The van der Waals surface area contributed by atoms with Crippen molar-refractivity contribution in [3.8, 4) is 5.75 Å². The molecule has 7 nitrogen and oxygen atoms in total. The van der Waals surface area contributed by atoms with Crippen molar-refractivity contribution in [2.45, 2.75) is 18.4 Å². The van der Waals surface area contributed by atoms with Gasteiger partial charge in [-0.15, -0.1) is 0 Å². The van der Waals surface area contributed by atoms with Gasteiger partial charge < -0.3 is 14.5 Å². The third-order valence-corrected chi connectivity index (χ3v) is 6.53. The highest BCUT2D eigenvalue weighted by Gasteiger charge is 2.20. The van der Waals surface area contributed by atoms with Crippen LogP contribution in [-0.2, 0) is 16.4 Å². The Kier molecular flexibility index (Phi) is 5.73. The molecule has 1 amide bonds. The lowest BCUT2D eigenvalue weighted by molar-refractivity contribution is 0.102. The number of carbonyl (C=O) groups excluding carboxylic acids is 1. The maximum atomic E-state index is 12.8. The molecule has 0 aliphatic heterocycles. The molecule has 4 aromatic rings. The Morgan fingerprint density at radius 2 is 1.87 bits per heavy atom. The van der Waals surface area contributed by atoms with Crippen LogP contribution < -0.4 is 10.1 Å². The molecule has 0 fully saturated rings. The van der Waals surface area contributed by atoms with Crippen molar-refractivity contribution in [3.63, 3.8) is 0 Å². The Morgan fingerprint density at radius 3 is 2.68 bits per heavy atom. The van der Waals surface area contributed by atoms with Crippen LogP contribution in [0.5, 0.6) is 5.75 Å². The van der Waals surface area contributed by atoms with Crippen molar-refractivity contribution in [2.24, 2.45) is 0 Å². The van der Waals surface area contributed by atoms with E-state index in [4.69, 9.17) is 4.74 Å². The number of benzene rings is 2. The molecule has 2 aromatic heterocycles. The number of hydrogen-bond acceptors (Lipinski definition) is 5. The summed E-state index contributed by atoms with van der Waals surface area (Å²) in [5, 5.41) is 2.75. The van der Waals surface area contributed by atoms with Gasteiger partial charge in [0.1, 0.15) is 18.0 Å². The van der Waals surface area contributed by atoms with Gasteiger partial charge in [-0.2, -0.15) is 0 Å². The number of aromatic nitrogens is 2. The number of rotatable bonds is 7. The van der Waals surface area contributed by atoms with E-state index in [0.29, 0.717) is 11.4 Å². The van der Waals surface area contributed by atoms with Crippen LogP contribution in [-0.4, -0.2) is 29.5 Å². The number of imidazole rings is 1. The lowest BCUT2D eigenvalue weighted by Gasteiger charge is -2.11. The van der Waals surface area contributed by atoms with Gasteiger partial charge in [-0.3, -0.25) is 4.79 Å². The lowest BCUT2D eigenvalue weighted by Crippen LogP contribution is -2.17. The largest absolute Gasteiger partial charge is 0.487 e. The normalized spacial score (nSPS) is 11.4. The average molecular weight is 436 g/mol. The summed E-state index contributed by atoms with van der Waals surface area (Å²) < 4.78 is 32.4. The zero-order chi connectivity index (χ0) is 21.8. The highest BCUT2D eigenvalue weighted by atomic mass is 32.2. The summed E-state index contributed by atoms with van der Waals surface area (Å²) in [6, 6.07) is 18.9. The summed E-state index contributed by atoms with van der Waals surface area (Å²) in [6.45, 7) is 1.82. The van der Waals surface area contributed by atoms with Gasteiger partial charge in [-0.05, 0) is 36.4 Å². The number of pyridine rings is 1. The van der Waals surface area contributed by atoms with Crippen LogP contribution in [0.25, 0.3) is 5.65 Å². The number of hydrogen-bond donors (Lipinski definition) is 1. The first kappa shape index (κ1) is 20.6. The van der Waals surface area contributed by atoms with Crippen molar-refractivity contribution >= 4 is 27.1 Å². The monoisotopic (exact) mass is 435 g/mol. The van der Waals surface area contributed by atoms with E-state index >= 15 is 0 Å². The van der Waals surface area contributed by atoms with Gasteiger partial charge in [0, 0.05) is 24.1 Å². The van der Waals surface area contributed by atoms with Crippen LogP contribution in [0.3, 0.4) is 0 Å². The molecule has 0 atom stereocenters. The van der Waals surface area contributed by atoms with Crippen molar-refractivity contribution in [3.05, 3.63) is 90.4 Å². The first-order chi connectivity index (χ1) is 15.0. The molecule has 0 aliphatic rings. The topological polar surface area (TPSA) is 89.8 Å².